The van der Waals surface area contributed by atoms with Crippen LogP contribution in [0.3, 0.4) is 0 Å². The Morgan fingerprint density at radius 3 is 2.33 bits per heavy atom. The topological polar surface area (TPSA) is 147 Å². The third kappa shape index (κ3) is 8.38. The number of pyridine rings is 1. The number of nitrogens with zero attached hydrogens (tertiary/aromatic N) is 5. The highest BCUT2D eigenvalue weighted by atomic mass is 79.9. The predicted molar refractivity (Wildman–Crippen MR) is 177 cm³/mol. The van der Waals surface area contributed by atoms with E-state index < -0.39 is 53.4 Å². The van der Waals surface area contributed by atoms with Gasteiger partial charge in [-0.3, -0.25) is 4.98 Å². The van der Waals surface area contributed by atoms with Gasteiger partial charge in [0.25, 0.3) is 0 Å². The van der Waals surface area contributed by atoms with Crippen LogP contribution in [0.1, 0.15) is 68.0 Å². The number of anilines is 1. The first-order chi connectivity index (χ1) is 22.3. The number of amides is 2. The number of hydrogen-bond acceptors (Lipinski definition) is 11. The SMILES string of the molecule is CC(C)(C)OC(=O)N(C(=O)OC(C)(C)C)c1ncnc2c1ccn2C1OC(COc2cc3ncc(Br)cc3cc2F)CC1OC(C)(C)O. The fourth-order valence-corrected chi connectivity index (χ4v) is 5.49. The van der Waals surface area contributed by atoms with Crippen LogP contribution in [-0.4, -0.2) is 72.6 Å². The van der Waals surface area contributed by atoms with Gasteiger partial charge >= 0.3 is 12.2 Å². The fourth-order valence-electron chi connectivity index (χ4n) is 5.14. The van der Waals surface area contributed by atoms with Crippen molar-refractivity contribution in [2.45, 2.75) is 97.2 Å². The van der Waals surface area contributed by atoms with Crippen LogP contribution in [0.25, 0.3) is 21.9 Å². The molecular formula is C33H39BrFN5O8. The van der Waals surface area contributed by atoms with Crippen LogP contribution < -0.4 is 9.64 Å². The Labute approximate surface area is 285 Å². The first-order valence-electron chi connectivity index (χ1n) is 15.3. The number of carbonyl (C=O) groups is 2. The number of hydrogen-bond donors (Lipinski definition) is 1. The summed E-state index contributed by atoms with van der Waals surface area (Å²) in [5.41, 5.74) is -0.986. The molecule has 4 aromatic rings. The summed E-state index contributed by atoms with van der Waals surface area (Å²) in [6.07, 6.45) is 0.631. The smallest absolute Gasteiger partial charge is 0.425 e. The molecule has 5 rings (SSSR count). The van der Waals surface area contributed by atoms with Crippen molar-refractivity contribution in [2.75, 3.05) is 11.5 Å². The van der Waals surface area contributed by atoms with Crippen LogP contribution in [0.2, 0.25) is 0 Å². The maximum atomic E-state index is 14.9. The van der Waals surface area contributed by atoms with Crippen molar-refractivity contribution in [3.63, 3.8) is 0 Å². The van der Waals surface area contributed by atoms with E-state index in [9.17, 15) is 19.1 Å². The monoisotopic (exact) mass is 731 g/mol. The summed E-state index contributed by atoms with van der Waals surface area (Å²) in [5, 5.41) is 11.5. The van der Waals surface area contributed by atoms with Crippen molar-refractivity contribution >= 4 is 55.9 Å². The second-order valence-electron chi connectivity index (χ2n) is 13.9. The molecule has 0 aliphatic carbocycles. The molecule has 258 valence electrons. The summed E-state index contributed by atoms with van der Waals surface area (Å²) in [4.78, 5) is 40.5. The highest BCUT2D eigenvalue weighted by molar-refractivity contribution is 9.10. The van der Waals surface area contributed by atoms with Crippen LogP contribution >= 0.6 is 15.9 Å². The largest absolute Gasteiger partial charge is 0.488 e. The fraction of sp³-hybridized carbons (Fsp3) is 0.485. The summed E-state index contributed by atoms with van der Waals surface area (Å²) in [6.45, 7) is 13.0. The third-order valence-corrected chi connectivity index (χ3v) is 7.27. The number of ether oxygens (including phenoxy) is 5. The highest BCUT2D eigenvalue weighted by Gasteiger charge is 2.42. The van der Waals surface area contributed by atoms with Crippen LogP contribution in [0, 0.1) is 5.82 Å². The average Bonchev–Trinajstić information content (AvgIpc) is 3.53. The summed E-state index contributed by atoms with van der Waals surface area (Å²) < 4.78 is 46.6. The molecule has 2 amide bonds. The van der Waals surface area contributed by atoms with Gasteiger partial charge in [-0.15, -0.1) is 0 Å². The van der Waals surface area contributed by atoms with Crippen LogP contribution in [-0.2, 0) is 18.9 Å². The Balaban J connectivity index is 1.46. The van der Waals surface area contributed by atoms with Gasteiger partial charge < -0.3 is 33.4 Å². The molecule has 48 heavy (non-hydrogen) atoms. The molecule has 1 N–H and O–H groups in total. The first-order valence-corrected chi connectivity index (χ1v) is 16.1. The minimum atomic E-state index is -1.53. The van der Waals surface area contributed by atoms with E-state index in [2.05, 4.69) is 30.9 Å². The number of carbonyl (C=O) groups excluding carboxylic acids is 2. The molecule has 3 atom stereocenters. The number of halogens is 2. The van der Waals surface area contributed by atoms with Crippen LogP contribution in [0.4, 0.5) is 19.8 Å². The Morgan fingerprint density at radius 1 is 1.04 bits per heavy atom. The van der Waals surface area contributed by atoms with Gasteiger partial charge in [0.2, 0.25) is 0 Å². The molecule has 0 bridgehead atoms. The van der Waals surface area contributed by atoms with Gasteiger partial charge in [0.15, 0.2) is 29.4 Å². The van der Waals surface area contributed by atoms with Crippen molar-refractivity contribution in [3.05, 3.63) is 53.3 Å². The third-order valence-electron chi connectivity index (χ3n) is 6.84. The van der Waals surface area contributed by atoms with Crippen molar-refractivity contribution in [1.82, 2.24) is 19.5 Å². The zero-order chi connectivity index (χ0) is 35.2. The Hall–Kier alpha value is -3.92. The maximum Gasteiger partial charge on any atom is 0.425 e. The number of rotatable bonds is 7. The van der Waals surface area contributed by atoms with E-state index in [-0.39, 0.29) is 24.6 Å². The van der Waals surface area contributed by atoms with Gasteiger partial charge in [0.05, 0.1) is 17.0 Å². The maximum absolute atomic E-state index is 14.9. The summed E-state index contributed by atoms with van der Waals surface area (Å²) in [7, 11) is 0. The van der Waals surface area contributed by atoms with E-state index in [1.807, 2.05) is 0 Å². The van der Waals surface area contributed by atoms with Gasteiger partial charge in [0.1, 0.15) is 35.9 Å². The molecule has 3 aromatic heterocycles. The van der Waals surface area contributed by atoms with Crippen molar-refractivity contribution in [1.29, 1.82) is 0 Å². The summed E-state index contributed by atoms with van der Waals surface area (Å²) in [6, 6.07) is 6.25. The van der Waals surface area contributed by atoms with Gasteiger partial charge in [-0.05, 0) is 89.5 Å². The van der Waals surface area contributed by atoms with E-state index >= 15 is 0 Å². The second kappa shape index (κ2) is 13.2. The minimum absolute atomic E-state index is 0.0116. The predicted octanol–water partition coefficient (Wildman–Crippen LogP) is 7.04. The number of benzene rings is 1. The van der Waals surface area contributed by atoms with E-state index in [0.717, 1.165) is 9.37 Å². The van der Waals surface area contributed by atoms with E-state index in [1.54, 1.807) is 70.6 Å². The van der Waals surface area contributed by atoms with E-state index in [1.165, 1.54) is 32.3 Å². The average molecular weight is 733 g/mol. The van der Waals surface area contributed by atoms with Crippen molar-refractivity contribution in [2.24, 2.45) is 0 Å². The molecule has 3 unspecified atom stereocenters. The normalized spacial score (nSPS) is 18.7. The lowest BCUT2D eigenvalue weighted by molar-refractivity contribution is -0.222. The molecule has 1 saturated heterocycles. The molecule has 1 aliphatic rings. The van der Waals surface area contributed by atoms with E-state index in [4.69, 9.17) is 23.7 Å². The zero-order valence-electron chi connectivity index (χ0n) is 28.0. The Morgan fingerprint density at radius 2 is 1.71 bits per heavy atom. The highest BCUT2D eigenvalue weighted by Crippen LogP contribution is 2.38. The molecule has 0 radical (unpaired) electrons. The number of imide groups is 1. The van der Waals surface area contributed by atoms with Crippen LogP contribution in [0.15, 0.2) is 47.5 Å². The second-order valence-corrected chi connectivity index (χ2v) is 14.8. The molecule has 15 heteroatoms. The molecular weight excluding hydrogens is 693 g/mol. The Kier molecular flexibility index (Phi) is 9.72. The molecule has 13 nitrogen and oxygen atoms in total. The lowest BCUT2D eigenvalue weighted by Crippen LogP contribution is -2.44. The van der Waals surface area contributed by atoms with Gasteiger partial charge in [0, 0.05) is 34.7 Å². The molecule has 0 saturated carbocycles. The molecule has 0 spiro atoms. The molecule has 1 fully saturated rings. The molecule has 1 aromatic carbocycles. The Bertz CT molecular complexity index is 1800. The number of fused-ring (bicyclic) bond motifs is 2. The van der Waals surface area contributed by atoms with Crippen LogP contribution in [0.5, 0.6) is 5.75 Å². The number of aromatic nitrogens is 4. The van der Waals surface area contributed by atoms with Gasteiger partial charge in [-0.1, -0.05) is 0 Å². The lowest BCUT2D eigenvalue weighted by atomic mass is 10.2. The zero-order valence-corrected chi connectivity index (χ0v) is 29.6. The van der Waals surface area contributed by atoms with Crippen molar-refractivity contribution in [3.8, 4) is 5.75 Å². The molecule has 4 heterocycles. The minimum Gasteiger partial charge on any atom is -0.488 e. The molecule has 1 aliphatic heterocycles. The first kappa shape index (κ1) is 35.4. The lowest BCUT2D eigenvalue weighted by Gasteiger charge is -2.28. The van der Waals surface area contributed by atoms with Gasteiger partial charge in [-0.25, -0.2) is 23.9 Å². The van der Waals surface area contributed by atoms with Crippen molar-refractivity contribution < 1.29 is 42.8 Å². The summed E-state index contributed by atoms with van der Waals surface area (Å²) >= 11 is 3.34. The number of aliphatic hydroxyl groups is 1. The standard InChI is InChI=1S/C33H39BrFN5O8/c1-31(2,3)47-29(41)40(30(42)48-32(4,5)6)27-21-9-10-39(26(21)37-17-38-27)28-25(46-33(7,8)43)13-20(45-28)16-44-24-14-23-18(12-22(24)35)11-19(34)15-36-23/h9-12,14-15,17,20,25,28,43H,13,16H2,1-8H3. The van der Waals surface area contributed by atoms with Gasteiger partial charge in [-0.2, -0.15) is 4.90 Å². The quantitative estimate of drug-likeness (QED) is 0.195. The van der Waals surface area contributed by atoms with E-state index in [0.29, 0.717) is 21.9 Å². The summed E-state index contributed by atoms with van der Waals surface area (Å²) in [5.74, 6) is -2.13.